The molecular weight excluding hydrogens is 266 g/mol. The highest BCUT2D eigenvalue weighted by Crippen LogP contribution is 2.31. The maximum Gasteiger partial charge on any atom is 0.218 e. The number of benzene rings is 1. The van der Waals surface area contributed by atoms with E-state index in [1.165, 1.54) is 4.68 Å². The molecule has 0 aliphatic carbocycles. The molecule has 112 valence electrons. The Bertz CT molecular complexity index is 652. The van der Waals surface area contributed by atoms with Gasteiger partial charge in [-0.05, 0) is 19.1 Å². The van der Waals surface area contributed by atoms with Crippen LogP contribution in [0.3, 0.4) is 0 Å². The van der Waals surface area contributed by atoms with Gasteiger partial charge in [-0.15, -0.1) is 0 Å². The Morgan fingerprint density at radius 2 is 1.86 bits per heavy atom. The van der Waals surface area contributed by atoms with Crippen molar-refractivity contribution >= 4 is 5.71 Å². The SMILES string of the molecule is CC(=NOc1ccccc1)c1c(C(C)(C)C)nn(C)c1O. The van der Waals surface area contributed by atoms with E-state index < -0.39 is 0 Å². The Kier molecular flexibility index (Phi) is 4.02. The third kappa shape index (κ3) is 3.24. The molecule has 2 rings (SSSR count). The van der Waals surface area contributed by atoms with Gasteiger partial charge in [-0.3, -0.25) is 0 Å². The Morgan fingerprint density at radius 1 is 1.24 bits per heavy atom. The largest absolute Gasteiger partial charge is 0.493 e. The Labute approximate surface area is 124 Å². The van der Waals surface area contributed by atoms with Gasteiger partial charge in [0.05, 0.1) is 17.0 Å². The molecule has 0 amide bonds. The molecule has 1 N–H and O–H groups in total. The van der Waals surface area contributed by atoms with Crippen LogP contribution in [0.5, 0.6) is 11.6 Å². The second-order valence-electron chi connectivity index (χ2n) is 6.00. The average molecular weight is 287 g/mol. The lowest BCUT2D eigenvalue weighted by atomic mass is 9.88. The maximum absolute atomic E-state index is 10.2. The summed E-state index contributed by atoms with van der Waals surface area (Å²) in [6, 6.07) is 9.31. The molecule has 0 fully saturated rings. The summed E-state index contributed by atoms with van der Waals surface area (Å²) in [6.45, 7) is 7.94. The van der Waals surface area contributed by atoms with Crippen molar-refractivity contribution in [3.63, 3.8) is 0 Å². The van der Waals surface area contributed by atoms with Crippen molar-refractivity contribution in [2.75, 3.05) is 0 Å². The molecule has 0 unspecified atom stereocenters. The van der Waals surface area contributed by atoms with E-state index in [4.69, 9.17) is 4.84 Å². The second kappa shape index (κ2) is 5.60. The number of aryl methyl sites for hydroxylation is 1. The quantitative estimate of drug-likeness (QED) is 0.696. The molecule has 0 saturated carbocycles. The van der Waals surface area contributed by atoms with Crippen LogP contribution in [0, 0.1) is 0 Å². The van der Waals surface area contributed by atoms with Crippen molar-refractivity contribution in [3.8, 4) is 11.6 Å². The molecule has 5 nitrogen and oxygen atoms in total. The van der Waals surface area contributed by atoms with Crippen molar-refractivity contribution in [1.29, 1.82) is 0 Å². The van der Waals surface area contributed by atoms with Crippen molar-refractivity contribution in [1.82, 2.24) is 9.78 Å². The lowest BCUT2D eigenvalue weighted by Gasteiger charge is -2.17. The Hall–Kier alpha value is -2.30. The van der Waals surface area contributed by atoms with E-state index in [0.29, 0.717) is 17.0 Å². The molecule has 0 atom stereocenters. The van der Waals surface area contributed by atoms with Gasteiger partial charge in [-0.1, -0.05) is 44.1 Å². The number of aromatic hydroxyl groups is 1. The smallest absolute Gasteiger partial charge is 0.218 e. The first-order valence-electron chi connectivity index (χ1n) is 6.84. The summed E-state index contributed by atoms with van der Waals surface area (Å²) in [4.78, 5) is 5.39. The molecule has 0 bridgehead atoms. The summed E-state index contributed by atoms with van der Waals surface area (Å²) >= 11 is 0. The predicted molar refractivity (Wildman–Crippen MR) is 82.9 cm³/mol. The van der Waals surface area contributed by atoms with E-state index in [1.807, 2.05) is 51.1 Å². The monoisotopic (exact) mass is 287 g/mol. The fraction of sp³-hybridized carbons (Fsp3) is 0.375. The van der Waals surface area contributed by atoms with E-state index in [1.54, 1.807) is 14.0 Å². The molecular formula is C16H21N3O2. The van der Waals surface area contributed by atoms with E-state index >= 15 is 0 Å². The minimum atomic E-state index is -0.197. The van der Waals surface area contributed by atoms with Gasteiger partial charge in [0, 0.05) is 12.5 Å². The van der Waals surface area contributed by atoms with Gasteiger partial charge in [-0.2, -0.15) is 5.10 Å². The van der Waals surface area contributed by atoms with Crippen molar-refractivity contribution in [3.05, 3.63) is 41.6 Å². The highest BCUT2D eigenvalue weighted by molar-refractivity contribution is 6.01. The number of para-hydroxylation sites is 1. The average Bonchev–Trinajstić information content (AvgIpc) is 2.74. The van der Waals surface area contributed by atoms with E-state index in [9.17, 15) is 5.11 Å². The van der Waals surface area contributed by atoms with Crippen LogP contribution in [0.4, 0.5) is 0 Å². The fourth-order valence-corrected chi connectivity index (χ4v) is 2.02. The van der Waals surface area contributed by atoms with Gasteiger partial charge < -0.3 is 9.94 Å². The van der Waals surface area contributed by atoms with Crippen LogP contribution in [-0.4, -0.2) is 20.6 Å². The third-order valence-electron chi connectivity index (χ3n) is 3.12. The number of oxime groups is 1. The molecule has 21 heavy (non-hydrogen) atoms. The summed E-state index contributed by atoms with van der Waals surface area (Å²) in [6.07, 6.45) is 0. The molecule has 0 saturated heterocycles. The second-order valence-corrected chi connectivity index (χ2v) is 6.00. The van der Waals surface area contributed by atoms with Crippen LogP contribution in [0.2, 0.25) is 0 Å². The van der Waals surface area contributed by atoms with Crippen LogP contribution in [0.15, 0.2) is 35.5 Å². The van der Waals surface area contributed by atoms with Gasteiger partial charge in [0.1, 0.15) is 0 Å². The zero-order valence-corrected chi connectivity index (χ0v) is 13.1. The van der Waals surface area contributed by atoms with Crippen LogP contribution >= 0.6 is 0 Å². The molecule has 0 aliphatic rings. The maximum atomic E-state index is 10.2. The lowest BCUT2D eigenvalue weighted by Crippen LogP contribution is -2.16. The molecule has 2 aromatic rings. The van der Waals surface area contributed by atoms with Crippen LogP contribution in [0.1, 0.15) is 39.0 Å². The first kappa shape index (κ1) is 15.1. The Morgan fingerprint density at radius 3 is 2.43 bits per heavy atom. The number of hydrogen-bond acceptors (Lipinski definition) is 4. The highest BCUT2D eigenvalue weighted by atomic mass is 16.6. The molecule has 1 aromatic heterocycles. The standard InChI is InChI=1S/C16H21N3O2/c1-11(18-21-12-9-7-6-8-10-12)13-14(16(2,3)4)17-19(5)15(13)20/h6-10,20H,1-5H3. The summed E-state index contributed by atoms with van der Waals surface area (Å²) in [7, 11) is 1.71. The molecule has 0 spiro atoms. The predicted octanol–water partition coefficient (Wildman–Crippen LogP) is 3.23. The van der Waals surface area contributed by atoms with Crippen molar-refractivity contribution in [2.24, 2.45) is 12.2 Å². The molecule has 5 heteroatoms. The van der Waals surface area contributed by atoms with Gasteiger partial charge >= 0.3 is 0 Å². The van der Waals surface area contributed by atoms with E-state index in [-0.39, 0.29) is 11.3 Å². The minimum Gasteiger partial charge on any atom is -0.493 e. The zero-order valence-electron chi connectivity index (χ0n) is 13.1. The lowest BCUT2D eigenvalue weighted by molar-refractivity contribution is 0.340. The summed E-state index contributed by atoms with van der Waals surface area (Å²) in [5, 5.41) is 18.7. The van der Waals surface area contributed by atoms with Crippen LogP contribution in [0.25, 0.3) is 0 Å². The van der Waals surface area contributed by atoms with Gasteiger partial charge in [0.15, 0.2) is 5.75 Å². The molecule has 0 aliphatic heterocycles. The summed E-state index contributed by atoms with van der Waals surface area (Å²) in [5.41, 5.74) is 1.81. The number of hydrogen-bond donors (Lipinski definition) is 1. The number of nitrogens with zero attached hydrogens (tertiary/aromatic N) is 3. The number of aromatic nitrogens is 2. The Balaban J connectivity index is 2.37. The van der Waals surface area contributed by atoms with E-state index in [0.717, 1.165) is 5.69 Å². The summed E-state index contributed by atoms with van der Waals surface area (Å²) < 4.78 is 1.46. The van der Waals surface area contributed by atoms with Gasteiger partial charge in [0.25, 0.3) is 0 Å². The van der Waals surface area contributed by atoms with Gasteiger partial charge in [-0.25, -0.2) is 4.68 Å². The molecule has 0 radical (unpaired) electrons. The number of rotatable bonds is 3. The highest BCUT2D eigenvalue weighted by Gasteiger charge is 2.27. The van der Waals surface area contributed by atoms with Crippen molar-refractivity contribution in [2.45, 2.75) is 33.1 Å². The van der Waals surface area contributed by atoms with Gasteiger partial charge in [0.2, 0.25) is 5.88 Å². The van der Waals surface area contributed by atoms with Crippen LogP contribution < -0.4 is 4.84 Å². The first-order chi connectivity index (χ1) is 9.80. The minimum absolute atomic E-state index is 0.0952. The molecule has 1 aromatic carbocycles. The summed E-state index contributed by atoms with van der Waals surface area (Å²) in [5.74, 6) is 0.746. The third-order valence-corrected chi connectivity index (χ3v) is 3.12. The molecule has 1 heterocycles. The van der Waals surface area contributed by atoms with Crippen molar-refractivity contribution < 1.29 is 9.94 Å². The van der Waals surface area contributed by atoms with E-state index in [2.05, 4.69) is 10.3 Å². The normalized spacial score (nSPS) is 12.5. The van der Waals surface area contributed by atoms with Crippen LogP contribution in [-0.2, 0) is 12.5 Å². The zero-order chi connectivity index (χ0) is 15.6. The topological polar surface area (TPSA) is 59.6 Å². The first-order valence-corrected chi connectivity index (χ1v) is 6.84. The fourth-order valence-electron chi connectivity index (χ4n) is 2.02.